The highest BCUT2D eigenvalue weighted by Crippen LogP contribution is 2.20. The fourth-order valence-corrected chi connectivity index (χ4v) is 2.74. The normalized spacial score (nSPS) is 14.2. The molecule has 2 atom stereocenters. The van der Waals surface area contributed by atoms with Gasteiger partial charge >= 0.3 is 0 Å². The van der Waals surface area contributed by atoms with E-state index in [1.54, 1.807) is 0 Å². The molecule has 0 fully saturated rings. The van der Waals surface area contributed by atoms with Crippen molar-refractivity contribution in [2.45, 2.75) is 72.3 Å². The van der Waals surface area contributed by atoms with Crippen LogP contribution < -0.4 is 5.32 Å². The van der Waals surface area contributed by atoms with Gasteiger partial charge in [-0.15, -0.1) is 0 Å². The molecule has 0 aliphatic rings. The third kappa shape index (κ3) is 6.04. The van der Waals surface area contributed by atoms with Gasteiger partial charge in [0.25, 0.3) is 0 Å². The maximum absolute atomic E-state index is 4.58. The summed E-state index contributed by atoms with van der Waals surface area (Å²) in [5.74, 6) is 0.768. The predicted molar refractivity (Wildman–Crippen MR) is 88.1 cm³/mol. The number of hydrogen-bond acceptors (Lipinski definition) is 2. The number of aryl methyl sites for hydroxylation is 1. The summed E-state index contributed by atoms with van der Waals surface area (Å²) in [6.07, 6.45) is 9.46. The summed E-state index contributed by atoms with van der Waals surface area (Å²) in [5, 5.41) is 3.75. The fourth-order valence-electron chi connectivity index (χ4n) is 2.74. The molecule has 0 bridgehead atoms. The van der Waals surface area contributed by atoms with Crippen LogP contribution in [0.15, 0.2) is 18.3 Å². The standard InChI is InChI=1S/C18H32N2/c1-5-8-9-16(7-3)18(19-12-6-2)13-17-11-10-15(4)14-20-17/h10-11,14,16,18-19H,5-9,12-13H2,1-4H3. The van der Waals surface area contributed by atoms with E-state index in [2.05, 4.69) is 50.1 Å². The summed E-state index contributed by atoms with van der Waals surface area (Å²) in [4.78, 5) is 4.58. The van der Waals surface area contributed by atoms with Crippen molar-refractivity contribution in [2.24, 2.45) is 5.92 Å². The van der Waals surface area contributed by atoms with Crippen LogP contribution in [0.5, 0.6) is 0 Å². The Hall–Kier alpha value is -0.890. The number of aromatic nitrogens is 1. The quantitative estimate of drug-likeness (QED) is 0.680. The summed E-state index contributed by atoms with van der Waals surface area (Å²) in [7, 11) is 0. The third-order valence-electron chi connectivity index (χ3n) is 4.08. The van der Waals surface area contributed by atoms with Gasteiger partial charge in [0.1, 0.15) is 0 Å². The van der Waals surface area contributed by atoms with E-state index in [9.17, 15) is 0 Å². The molecule has 1 aromatic heterocycles. The number of nitrogens with zero attached hydrogens (tertiary/aromatic N) is 1. The number of rotatable bonds is 10. The number of hydrogen-bond donors (Lipinski definition) is 1. The van der Waals surface area contributed by atoms with Crippen LogP contribution in [0, 0.1) is 12.8 Å². The molecule has 0 aliphatic heterocycles. The average Bonchev–Trinajstić information content (AvgIpc) is 2.47. The topological polar surface area (TPSA) is 24.9 Å². The van der Waals surface area contributed by atoms with Crippen LogP contribution in [0.3, 0.4) is 0 Å². The van der Waals surface area contributed by atoms with Crippen LogP contribution in [0.4, 0.5) is 0 Å². The second kappa shape index (κ2) is 9.93. The Balaban J connectivity index is 2.68. The number of nitrogens with one attached hydrogen (secondary N) is 1. The maximum atomic E-state index is 4.58. The molecule has 1 N–H and O–H groups in total. The lowest BCUT2D eigenvalue weighted by molar-refractivity contribution is 0.314. The van der Waals surface area contributed by atoms with E-state index in [4.69, 9.17) is 0 Å². The predicted octanol–water partition coefficient (Wildman–Crippen LogP) is 4.52. The lowest BCUT2D eigenvalue weighted by Crippen LogP contribution is -2.38. The Morgan fingerprint density at radius 3 is 2.50 bits per heavy atom. The Labute approximate surface area is 125 Å². The Morgan fingerprint density at radius 1 is 1.15 bits per heavy atom. The zero-order chi connectivity index (χ0) is 14.8. The lowest BCUT2D eigenvalue weighted by atomic mass is 9.88. The highest BCUT2D eigenvalue weighted by Gasteiger charge is 2.19. The van der Waals surface area contributed by atoms with Crippen molar-refractivity contribution in [3.8, 4) is 0 Å². The van der Waals surface area contributed by atoms with Gasteiger partial charge < -0.3 is 5.32 Å². The number of pyridine rings is 1. The minimum atomic E-state index is 0.571. The molecule has 0 saturated heterocycles. The molecular formula is C18H32N2. The van der Waals surface area contributed by atoms with Gasteiger partial charge in [0.15, 0.2) is 0 Å². The molecule has 20 heavy (non-hydrogen) atoms. The smallest absolute Gasteiger partial charge is 0.0419 e. The Morgan fingerprint density at radius 2 is 1.95 bits per heavy atom. The molecule has 1 rings (SSSR count). The summed E-state index contributed by atoms with van der Waals surface area (Å²) in [5.41, 5.74) is 2.46. The summed E-state index contributed by atoms with van der Waals surface area (Å²) >= 11 is 0. The minimum absolute atomic E-state index is 0.571. The lowest BCUT2D eigenvalue weighted by Gasteiger charge is -2.27. The highest BCUT2D eigenvalue weighted by atomic mass is 14.9. The van der Waals surface area contributed by atoms with Crippen molar-refractivity contribution in [3.05, 3.63) is 29.6 Å². The summed E-state index contributed by atoms with van der Waals surface area (Å²) < 4.78 is 0. The van der Waals surface area contributed by atoms with Crippen molar-refractivity contribution in [2.75, 3.05) is 6.54 Å². The minimum Gasteiger partial charge on any atom is -0.313 e. The molecular weight excluding hydrogens is 244 g/mol. The van der Waals surface area contributed by atoms with Gasteiger partial charge in [0, 0.05) is 24.4 Å². The van der Waals surface area contributed by atoms with E-state index in [0.29, 0.717) is 6.04 Å². The molecule has 0 spiro atoms. The van der Waals surface area contributed by atoms with Crippen LogP contribution >= 0.6 is 0 Å². The molecule has 0 saturated carbocycles. The number of unbranched alkanes of at least 4 members (excludes halogenated alkanes) is 1. The maximum Gasteiger partial charge on any atom is 0.0419 e. The summed E-state index contributed by atoms with van der Waals surface area (Å²) in [6, 6.07) is 4.93. The Bertz CT molecular complexity index is 345. The molecule has 2 unspecified atom stereocenters. The molecule has 2 nitrogen and oxygen atoms in total. The van der Waals surface area contributed by atoms with Crippen molar-refractivity contribution < 1.29 is 0 Å². The molecule has 2 heteroatoms. The van der Waals surface area contributed by atoms with E-state index in [-0.39, 0.29) is 0 Å². The molecule has 114 valence electrons. The summed E-state index contributed by atoms with van der Waals surface area (Å²) in [6.45, 7) is 10.0. The van der Waals surface area contributed by atoms with Crippen molar-refractivity contribution in [1.82, 2.24) is 10.3 Å². The van der Waals surface area contributed by atoms with Crippen LogP contribution in [-0.2, 0) is 6.42 Å². The average molecular weight is 276 g/mol. The van der Waals surface area contributed by atoms with Gasteiger partial charge in [-0.2, -0.15) is 0 Å². The van der Waals surface area contributed by atoms with Crippen LogP contribution in [0.1, 0.15) is 64.1 Å². The van der Waals surface area contributed by atoms with Crippen molar-refractivity contribution in [3.63, 3.8) is 0 Å². The van der Waals surface area contributed by atoms with Crippen LogP contribution in [0.2, 0.25) is 0 Å². The second-order valence-corrected chi connectivity index (χ2v) is 5.90. The van der Waals surface area contributed by atoms with Crippen LogP contribution in [-0.4, -0.2) is 17.6 Å². The molecule has 0 amide bonds. The first kappa shape index (κ1) is 17.2. The second-order valence-electron chi connectivity index (χ2n) is 5.90. The van der Waals surface area contributed by atoms with Crippen molar-refractivity contribution >= 4 is 0 Å². The molecule has 1 aromatic rings. The van der Waals surface area contributed by atoms with Gasteiger partial charge in [-0.25, -0.2) is 0 Å². The van der Waals surface area contributed by atoms with E-state index in [0.717, 1.165) is 18.9 Å². The van der Waals surface area contributed by atoms with Gasteiger partial charge in [0.2, 0.25) is 0 Å². The SMILES string of the molecule is CCCCC(CC)C(Cc1ccc(C)cn1)NCCC. The van der Waals surface area contributed by atoms with E-state index < -0.39 is 0 Å². The van der Waals surface area contributed by atoms with Gasteiger partial charge in [-0.3, -0.25) is 4.98 Å². The first-order chi connectivity index (χ1) is 9.71. The van der Waals surface area contributed by atoms with Gasteiger partial charge in [-0.1, -0.05) is 46.1 Å². The zero-order valence-electron chi connectivity index (χ0n) is 13.8. The van der Waals surface area contributed by atoms with E-state index in [1.165, 1.54) is 43.4 Å². The third-order valence-corrected chi connectivity index (χ3v) is 4.08. The molecule has 0 aromatic carbocycles. The van der Waals surface area contributed by atoms with E-state index in [1.807, 2.05) is 6.20 Å². The molecule has 0 aliphatic carbocycles. The van der Waals surface area contributed by atoms with Crippen LogP contribution in [0.25, 0.3) is 0 Å². The Kier molecular flexibility index (Phi) is 8.52. The monoisotopic (exact) mass is 276 g/mol. The highest BCUT2D eigenvalue weighted by molar-refractivity contribution is 5.13. The largest absolute Gasteiger partial charge is 0.313 e. The van der Waals surface area contributed by atoms with E-state index >= 15 is 0 Å². The fraction of sp³-hybridized carbons (Fsp3) is 0.722. The zero-order valence-corrected chi connectivity index (χ0v) is 13.8. The molecule has 0 radical (unpaired) electrons. The first-order valence-corrected chi connectivity index (χ1v) is 8.36. The molecule has 1 heterocycles. The van der Waals surface area contributed by atoms with Gasteiger partial charge in [-0.05, 0) is 43.9 Å². The van der Waals surface area contributed by atoms with Crippen molar-refractivity contribution in [1.29, 1.82) is 0 Å². The first-order valence-electron chi connectivity index (χ1n) is 8.36. The van der Waals surface area contributed by atoms with Gasteiger partial charge in [0.05, 0.1) is 0 Å².